The Kier molecular flexibility index (Phi) is 7.76. The maximum atomic E-state index is 13.2. The van der Waals surface area contributed by atoms with Crippen molar-refractivity contribution in [3.8, 4) is 5.75 Å². The molecule has 3 rings (SSSR count). The Hall–Kier alpha value is -3.75. The molecular formula is C23H16Cl2FN3O4. The Morgan fingerprint density at radius 2 is 1.55 bits per heavy atom. The van der Waals surface area contributed by atoms with Crippen LogP contribution in [0.5, 0.6) is 5.75 Å². The SMILES string of the molecule is C/C(=N\NC(=O)C(=O)Nc1ccc(F)c(Cl)c1)c1ccccc1OC(=O)c1ccccc1Cl. The van der Waals surface area contributed by atoms with Crippen LogP contribution in [-0.2, 0) is 9.59 Å². The van der Waals surface area contributed by atoms with Crippen LogP contribution in [0.2, 0.25) is 10.0 Å². The first-order valence-electron chi connectivity index (χ1n) is 9.43. The minimum atomic E-state index is -1.07. The number of carbonyl (C=O) groups is 3. The lowest BCUT2D eigenvalue weighted by molar-refractivity contribution is -0.136. The van der Waals surface area contributed by atoms with E-state index in [1.807, 2.05) is 0 Å². The lowest BCUT2D eigenvalue weighted by Crippen LogP contribution is -2.33. The fourth-order valence-electron chi connectivity index (χ4n) is 2.64. The molecule has 0 aliphatic rings. The number of rotatable bonds is 5. The van der Waals surface area contributed by atoms with E-state index in [2.05, 4.69) is 15.8 Å². The number of para-hydroxylation sites is 1. The van der Waals surface area contributed by atoms with Gasteiger partial charge in [-0.05, 0) is 49.4 Å². The summed E-state index contributed by atoms with van der Waals surface area (Å²) in [6.07, 6.45) is 0. The number of ether oxygens (including phenoxy) is 1. The fraction of sp³-hybridized carbons (Fsp3) is 0.0435. The summed E-state index contributed by atoms with van der Waals surface area (Å²) < 4.78 is 18.7. The van der Waals surface area contributed by atoms with E-state index in [0.717, 1.165) is 6.07 Å². The Morgan fingerprint density at radius 1 is 0.879 bits per heavy atom. The molecule has 2 N–H and O–H groups in total. The first-order chi connectivity index (χ1) is 15.8. The molecule has 2 amide bonds. The number of esters is 1. The van der Waals surface area contributed by atoms with Crippen LogP contribution in [0, 0.1) is 5.82 Å². The number of hydrazone groups is 1. The first kappa shape index (κ1) is 23.9. The van der Waals surface area contributed by atoms with Crippen LogP contribution in [0.15, 0.2) is 71.8 Å². The minimum Gasteiger partial charge on any atom is -0.422 e. The molecule has 0 aromatic heterocycles. The highest BCUT2D eigenvalue weighted by atomic mass is 35.5. The van der Waals surface area contributed by atoms with Gasteiger partial charge in [-0.15, -0.1) is 0 Å². The van der Waals surface area contributed by atoms with E-state index in [4.69, 9.17) is 27.9 Å². The van der Waals surface area contributed by atoms with Crippen molar-refractivity contribution < 1.29 is 23.5 Å². The van der Waals surface area contributed by atoms with Crippen molar-refractivity contribution in [2.24, 2.45) is 5.10 Å². The number of nitrogens with one attached hydrogen (secondary N) is 2. The average Bonchev–Trinajstić information content (AvgIpc) is 2.80. The number of hydrogen-bond donors (Lipinski definition) is 2. The second-order valence-corrected chi connectivity index (χ2v) is 7.40. The van der Waals surface area contributed by atoms with Gasteiger partial charge in [-0.25, -0.2) is 14.6 Å². The second kappa shape index (κ2) is 10.7. The number of hydrogen-bond acceptors (Lipinski definition) is 5. The van der Waals surface area contributed by atoms with Gasteiger partial charge in [0.1, 0.15) is 11.6 Å². The molecule has 0 unspecified atom stereocenters. The molecule has 3 aromatic carbocycles. The van der Waals surface area contributed by atoms with E-state index in [9.17, 15) is 18.8 Å². The summed E-state index contributed by atoms with van der Waals surface area (Å²) in [4.78, 5) is 36.6. The molecule has 3 aromatic rings. The van der Waals surface area contributed by atoms with Crippen LogP contribution >= 0.6 is 23.2 Å². The Bertz CT molecular complexity index is 1260. The molecule has 0 bridgehead atoms. The third-order valence-electron chi connectivity index (χ3n) is 4.28. The minimum absolute atomic E-state index is 0.138. The normalized spacial score (nSPS) is 11.0. The Balaban J connectivity index is 1.69. The van der Waals surface area contributed by atoms with Crippen LogP contribution < -0.4 is 15.5 Å². The largest absolute Gasteiger partial charge is 0.422 e. The molecule has 0 spiro atoms. The quantitative estimate of drug-likeness (QED) is 0.177. The van der Waals surface area contributed by atoms with E-state index in [0.29, 0.717) is 5.56 Å². The zero-order chi connectivity index (χ0) is 24.0. The second-order valence-electron chi connectivity index (χ2n) is 6.59. The summed E-state index contributed by atoms with van der Waals surface area (Å²) in [5, 5.41) is 6.22. The fourth-order valence-corrected chi connectivity index (χ4v) is 3.04. The monoisotopic (exact) mass is 487 g/mol. The van der Waals surface area contributed by atoms with Gasteiger partial charge in [-0.1, -0.05) is 47.5 Å². The summed E-state index contributed by atoms with van der Waals surface area (Å²) in [5.41, 5.74) is 3.12. The maximum Gasteiger partial charge on any atom is 0.345 e. The molecular weight excluding hydrogens is 472 g/mol. The number of benzene rings is 3. The van der Waals surface area contributed by atoms with Crippen LogP contribution in [0.3, 0.4) is 0 Å². The van der Waals surface area contributed by atoms with E-state index < -0.39 is 23.6 Å². The smallest absolute Gasteiger partial charge is 0.345 e. The average molecular weight is 488 g/mol. The van der Waals surface area contributed by atoms with Crippen LogP contribution in [0.25, 0.3) is 0 Å². The van der Waals surface area contributed by atoms with Gasteiger partial charge >= 0.3 is 17.8 Å². The topological polar surface area (TPSA) is 96.9 Å². The Labute approximate surface area is 198 Å². The third-order valence-corrected chi connectivity index (χ3v) is 4.90. The van der Waals surface area contributed by atoms with Gasteiger partial charge in [0, 0.05) is 11.3 Å². The number of amides is 2. The lowest BCUT2D eigenvalue weighted by Gasteiger charge is -2.11. The highest BCUT2D eigenvalue weighted by Crippen LogP contribution is 2.23. The van der Waals surface area contributed by atoms with Gasteiger partial charge in [0.2, 0.25) is 0 Å². The van der Waals surface area contributed by atoms with Crippen molar-refractivity contribution in [3.05, 3.63) is 93.7 Å². The number of nitrogens with zero attached hydrogens (tertiary/aromatic N) is 1. The van der Waals surface area contributed by atoms with E-state index in [-0.39, 0.29) is 32.8 Å². The van der Waals surface area contributed by atoms with Gasteiger partial charge in [-0.3, -0.25) is 9.59 Å². The molecule has 0 saturated heterocycles. The number of anilines is 1. The summed E-state index contributed by atoms with van der Waals surface area (Å²) in [5.74, 6) is -3.24. The van der Waals surface area contributed by atoms with Crippen molar-refractivity contribution in [1.82, 2.24) is 5.43 Å². The zero-order valence-corrected chi connectivity index (χ0v) is 18.6. The van der Waals surface area contributed by atoms with Crippen molar-refractivity contribution in [1.29, 1.82) is 0 Å². The van der Waals surface area contributed by atoms with Crippen molar-refractivity contribution >= 4 is 52.4 Å². The molecule has 0 radical (unpaired) electrons. The highest BCUT2D eigenvalue weighted by Gasteiger charge is 2.17. The summed E-state index contributed by atoms with van der Waals surface area (Å²) in [7, 11) is 0. The van der Waals surface area contributed by atoms with Crippen LogP contribution in [0.1, 0.15) is 22.8 Å². The van der Waals surface area contributed by atoms with Gasteiger partial charge in [0.15, 0.2) is 0 Å². The molecule has 0 fully saturated rings. The maximum absolute atomic E-state index is 13.2. The Morgan fingerprint density at radius 3 is 2.24 bits per heavy atom. The number of halogens is 3. The highest BCUT2D eigenvalue weighted by molar-refractivity contribution is 6.40. The van der Waals surface area contributed by atoms with Crippen molar-refractivity contribution in [2.45, 2.75) is 6.92 Å². The van der Waals surface area contributed by atoms with Gasteiger partial charge in [-0.2, -0.15) is 5.10 Å². The third kappa shape index (κ3) is 6.15. The predicted molar refractivity (Wildman–Crippen MR) is 123 cm³/mol. The van der Waals surface area contributed by atoms with Crippen molar-refractivity contribution in [3.63, 3.8) is 0 Å². The molecule has 0 saturated carbocycles. The molecule has 0 aliphatic carbocycles. The predicted octanol–water partition coefficient (Wildman–Crippen LogP) is 4.83. The summed E-state index contributed by atoms with van der Waals surface area (Å²) >= 11 is 11.7. The standard InChI is InChI=1S/C23H16Cl2FN3O4/c1-13(28-29-22(31)21(30)27-14-10-11-19(26)18(25)12-14)15-6-3-5-9-20(15)33-23(32)16-7-2-4-8-17(16)24/h2-12H,1H3,(H,27,30)(H,29,31)/b28-13+. The first-order valence-corrected chi connectivity index (χ1v) is 10.2. The van der Waals surface area contributed by atoms with E-state index in [1.165, 1.54) is 18.2 Å². The van der Waals surface area contributed by atoms with E-state index in [1.54, 1.807) is 49.4 Å². The molecule has 0 atom stereocenters. The van der Waals surface area contributed by atoms with Crippen LogP contribution in [-0.4, -0.2) is 23.5 Å². The molecule has 7 nitrogen and oxygen atoms in total. The van der Waals surface area contributed by atoms with Crippen molar-refractivity contribution in [2.75, 3.05) is 5.32 Å². The molecule has 0 heterocycles. The lowest BCUT2D eigenvalue weighted by atomic mass is 10.1. The van der Waals surface area contributed by atoms with E-state index >= 15 is 0 Å². The van der Waals surface area contributed by atoms with Gasteiger partial charge < -0.3 is 10.1 Å². The summed E-state index contributed by atoms with van der Waals surface area (Å²) in [6, 6.07) is 16.4. The molecule has 168 valence electrons. The number of carbonyl (C=O) groups excluding carboxylic acids is 3. The molecule has 10 heteroatoms. The van der Waals surface area contributed by atoms with Crippen LogP contribution in [0.4, 0.5) is 10.1 Å². The molecule has 33 heavy (non-hydrogen) atoms. The zero-order valence-electron chi connectivity index (χ0n) is 17.1. The van der Waals surface area contributed by atoms with Gasteiger partial charge in [0.05, 0.1) is 21.3 Å². The molecule has 0 aliphatic heterocycles. The van der Waals surface area contributed by atoms with Gasteiger partial charge in [0.25, 0.3) is 0 Å². The summed E-state index contributed by atoms with van der Waals surface area (Å²) in [6.45, 7) is 1.56.